The van der Waals surface area contributed by atoms with Gasteiger partial charge in [-0.05, 0) is 36.4 Å². The van der Waals surface area contributed by atoms with E-state index in [9.17, 15) is 0 Å². The Labute approximate surface area is 89.8 Å². The second kappa shape index (κ2) is 5.94. The molecule has 0 saturated carbocycles. The van der Waals surface area contributed by atoms with Gasteiger partial charge >= 0.3 is 0 Å². The number of nitrogens with two attached hydrogens (primary N) is 1. The maximum absolute atomic E-state index is 5.68. The van der Waals surface area contributed by atoms with E-state index in [2.05, 4.69) is 13.0 Å². The third-order valence-corrected chi connectivity index (χ3v) is 2.86. The summed E-state index contributed by atoms with van der Waals surface area (Å²) in [4.78, 5) is 1.26. The van der Waals surface area contributed by atoms with Crippen molar-refractivity contribution in [1.29, 1.82) is 0 Å². The lowest BCUT2D eigenvalue weighted by molar-refractivity contribution is 0.339. The molecule has 0 bridgehead atoms. The smallest absolute Gasteiger partial charge is 0.119 e. The summed E-state index contributed by atoms with van der Waals surface area (Å²) < 4.78 is 5.42. The molecule has 2 nitrogen and oxygen atoms in total. The minimum atomic E-state index is 0.573. The van der Waals surface area contributed by atoms with Crippen molar-refractivity contribution in [1.82, 2.24) is 0 Å². The van der Waals surface area contributed by atoms with Crippen molar-refractivity contribution in [3.05, 3.63) is 23.8 Å². The van der Waals surface area contributed by atoms with Crippen LogP contribution in [-0.4, -0.2) is 12.4 Å². The van der Waals surface area contributed by atoms with E-state index in [1.165, 1.54) is 10.5 Å². The van der Waals surface area contributed by atoms with E-state index in [1.807, 2.05) is 30.8 Å². The predicted molar refractivity (Wildman–Crippen MR) is 61.9 cm³/mol. The van der Waals surface area contributed by atoms with Crippen LogP contribution in [0.3, 0.4) is 0 Å². The molecule has 1 aromatic carbocycles. The van der Waals surface area contributed by atoms with Crippen LogP contribution in [0.1, 0.15) is 19.4 Å². The molecular formula is C11H17NOS. The van der Waals surface area contributed by atoms with Crippen LogP contribution < -0.4 is 10.5 Å². The van der Waals surface area contributed by atoms with Gasteiger partial charge in [0.15, 0.2) is 0 Å². The molecule has 0 aliphatic rings. The molecule has 1 aromatic rings. The fourth-order valence-corrected chi connectivity index (χ4v) is 2.07. The Morgan fingerprint density at radius 3 is 2.71 bits per heavy atom. The number of rotatable bonds is 5. The van der Waals surface area contributed by atoms with Crippen LogP contribution in [0, 0.1) is 0 Å². The van der Waals surface area contributed by atoms with Crippen molar-refractivity contribution in [2.75, 3.05) is 12.4 Å². The quantitative estimate of drug-likeness (QED) is 0.760. The van der Waals surface area contributed by atoms with Gasteiger partial charge in [0, 0.05) is 11.4 Å². The fourth-order valence-electron chi connectivity index (χ4n) is 1.27. The van der Waals surface area contributed by atoms with E-state index in [1.54, 1.807) is 0 Å². The third-order valence-electron chi connectivity index (χ3n) is 1.86. The molecule has 0 aromatic heterocycles. The van der Waals surface area contributed by atoms with Crippen LogP contribution in [0.15, 0.2) is 23.1 Å². The summed E-state index contributed by atoms with van der Waals surface area (Å²) in [5, 5.41) is 0. The molecule has 78 valence electrons. The molecule has 0 spiro atoms. The van der Waals surface area contributed by atoms with E-state index in [-0.39, 0.29) is 0 Å². The molecule has 0 unspecified atom stereocenters. The predicted octanol–water partition coefficient (Wildman–Crippen LogP) is 2.66. The first kappa shape index (κ1) is 11.4. The largest absolute Gasteiger partial charge is 0.494 e. The molecule has 0 heterocycles. The number of ether oxygens (including phenoxy) is 1. The van der Waals surface area contributed by atoms with Gasteiger partial charge in [0.25, 0.3) is 0 Å². The van der Waals surface area contributed by atoms with Crippen molar-refractivity contribution in [2.24, 2.45) is 5.73 Å². The fraction of sp³-hybridized carbons (Fsp3) is 0.455. The maximum Gasteiger partial charge on any atom is 0.119 e. The van der Waals surface area contributed by atoms with Crippen molar-refractivity contribution < 1.29 is 4.74 Å². The molecular weight excluding hydrogens is 194 g/mol. The normalized spacial score (nSPS) is 10.2. The first-order valence-electron chi connectivity index (χ1n) is 4.90. The summed E-state index contributed by atoms with van der Waals surface area (Å²) in [5.41, 5.74) is 6.85. The van der Waals surface area contributed by atoms with Crippen molar-refractivity contribution in [2.45, 2.75) is 25.3 Å². The zero-order valence-electron chi connectivity index (χ0n) is 8.75. The standard InChI is InChI=1S/C11H17NOS/c1-3-13-10-5-6-11(14-4-2)9(7-10)8-12/h5-7H,3-4,8,12H2,1-2H3. The lowest BCUT2D eigenvalue weighted by Gasteiger charge is -2.09. The van der Waals surface area contributed by atoms with Gasteiger partial charge in [0.2, 0.25) is 0 Å². The molecule has 0 aliphatic carbocycles. The van der Waals surface area contributed by atoms with Crippen molar-refractivity contribution >= 4 is 11.8 Å². The van der Waals surface area contributed by atoms with Crippen LogP contribution in [-0.2, 0) is 6.54 Å². The van der Waals surface area contributed by atoms with Crippen LogP contribution in [0.25, 0.3) is 0 Å². The number of hydrogen-bond acceptors (Lipinski definition) is 3. The van der Waals surface area contributed by atoms with Gasteiger partial charge in [-0.15, -0.1) is 11.8 Å². The Balaban J connectivity index is 2.87. The molecule has 0 saturated heterocycles. The zero-order chi connectivity index (χ0) is 10.4. The van der Waals surface area contributed by atoms with Crippen LogP contribution in [0.2, 0.25) is 0 Å². The lowest BCUT2D eigenvalue weighted by atomic mass is 10.2. The van der Waals surface area contributed by atoms with Gasteiger partial charge in [0.1, 0.15) is 5.75 Å². The van der Waals surface area contributed by atoms with Crippen molar-refractivity contribution in [3.63, 3.8) is 0 Å². The lowest BCUT2D eigenvalue weighted by Crippen LogP contribution is -2.00. The number of thioether (sulfide) groups is 1. The van der Waals surface area contributed by atoms with Gasteiger partial charge in [-0.2, -0.15) is 0 Å². The van der Waals surface area contributed by atoms with Crippen LogP contribution >= 0.6 is 11.8 Å². The van der Waals surface area contributed by atoms with Crippen molar-refractivity contribution in [3.8, 4) is 5.75 Å². The molecule has 2 N–H and O–H groups in total. The zero-order valence-corrected chi connectivity index (χ0v) is 9.56. The van der Waals surface area contributed by atoms with E-state index >= 15 is 0 Å². The Bertz CT molecular complexity index is 289. The Morgan fingerprint density at radius 2 is 2.14 bits per heavy atom. The monoisotopic (exact) mass is 211 g/mol. The summed E-state index contributed by atoms with van der Waals surface area (Å²) in [5.74, 6) is 1.98. The van der Waals surface area contributed by atoms with Crippen LogP contribution in [0.4, 0.5) is 0 Å². The highest BCUT2D eigenvalue weighted by Gasteiger charge is 2.02. The summed E-state index contributed by atoms with van der Waals surface area (Å²) >= 11 is 1.82. The first-order valence-corrected chi connectivity index (χ1v) is 5.89. The van der Waals surface area contributed by atoms with Gasteiger partial charge in [0.05, 0.1) is 6.61 Å². The number of hydrogen-bond donors (Lipinski definition) is 1. The average molecular weight is 211 g/mol. The molecule has 3 heteroatoms. The van der Waals surface area contributed by atoms with Gasteiger partial charge in [-0.25, -0.2) is 0 Å². The second-order valence-corrected chi connectivity index (χ2v) is 4.15. The van der Waals surface area contributed by atoms with E-state index in [4.69, 9.17) is 10.5 Å². The topological polar surface area (TPSA) is 35.2 Å². The minimum Gasteiger partial charge on any atom is -0.494 e. The van der Waals surface area contributed by atoms with Gasteiger partial charge in [-0.1, -0.05) is 6.92 Å². The molecule has 14 heavy (non-hydrogen) atoms. The molecule has 0 radical (unpaired) electrons. The SMILES string of the molecule is CCOc1ccc(SCC)c(CN)c1. The average Bonchev–Trinajstić information content (AvgIpc) is 2.21. The molecule has 0 aliphatic heterocycles. The Kier molecular flexibility index (Phi) is 4.84. The summed E-state index contributed by atoms with van der Waals surface area (Å²) in [6, 6.07) is 6.11. The summed E-state index contributed by atoms with van der Waals surface area (Å²) in [6.45, 7) is 5.39. The van der Waals surface area contributed by atoms with Gasteiger partial charge in [-0.3, -0.25) is 0 Å². The Morgan fingerprint density at radius 1 is 1.36 bits per heavy atom. The van der Waals surface area contributed by atoms with E-state index in [0.717, 1.165) is 11.5 Å². The van der Waals surface area contributed by atoms with E-state index in [0.29, 0.717) is 13.2 Å². The number of benzene rings is 1. The highest BCUT2D eigenvalue weighted by Crippen LogP contribution is 2.26. The Hall–Kier alpha value is -0.670. The van der Waals surface area contributed by atoms with E-state index < -0.39 is 0 Å². The summed E-state index contributed by atoms with van der Waals surface area (Å²) in [7, 11) is 0. The van der Waals surface area contributed by atoms with Crippen LogP contribution in [0.5, 0.6) is 5.75 Å². The highest BCUT2D eigenvalue weighted by molar-refractivity contribution is 7.99. The molecule has 0 fully saturated rings. The second-order valence-electron chi connectivity index (χ2n) is 2.84. The highest BCUT2D eigenvalue weighted by atomic mass is 32.2. The minimum absolute atomic E-state index is 0.573. The first-order chi connectivity index (χ1) is 6.81. The van der Waals surface area contributed by atoms with Gasteiger partial charge < -0.3 is 10.5 Å². The molecule has 0 atom stereocenters. The molecule has 0 amide bonds. The third kappa shape index (κ3) is 2.93. The molecule has 1 rings (SSSR count). The summed E-state index contributed by atoms with van der Waals surface area (Å²) in [6.07, 6.45) is 0. The maximum atomic E-state index is 5.68.